The van der Waals surface area contributed by atoms with Gasteiger partial charge in [-0.1, -0.05) is 56.7 Å². The topological polar surface area (TPSA) is 109 Å². The highest BCUT2D eigenvalue weighted by Gasteiger charge is 2.50. The zero-order valence-corrected chi connectivity index (χ0v) is 26.6. The lowest BCUT2D eigenvalue weighted by molar-refractivity contribution is -0.132. The minimum Gasteiger partial charge on any atom is -0.496 e. The number of nitrogens with one attached hydrogen (secondary N) is 2. The number of amides is 2. The van der Waals surface area contributed by atoms with Gasteiger partial charge in [0.2, 0.25) is 5.91 Å². The van der Waals surface area contributed by atoms with Gasteiger partial charge >= 0.3 is 0 Å². The number of aryl methyl sites for hydroxylation is 1. The van der Waals surface area contributed by atoms with Crippen LogP contribution in [0.4, 0.5) is 0 Å². The van der Waals surface area contributed by atoms with Crippen molar-refractivity contribution in [1.29, 1.82) is 0 Å². The number of methoxy groups -OCH3 is 1. The molecule has 0 radical (unpaired) electrons. The number of rotatable bonds is 11. The van der Waals surface area contributed by atoms with E-state index >= 15 is 0 Å². The van der Waals surface area contributed by atoms with Crippen LogP contribution in [0.3, 0.4) is 0 Å². The molecular formula is C37H45N3O5. The first-order chi connectivity index (χ1) is 21.6. The van der Waals surface area contributed by atoms with Gasteiger partial charge in [0.05, 0.1) is 13.2 Å². The molecule has 1 aliphatic heterocycles. The average Bonchev–Trinajstić information content (AvgIpc) is 3.78. The molecule has 0 spiro atoms. The van der Waals surface area contributed by atoms with Gasteiger partial charge in [-0.15, -0.1) is 0 Å². The third kappa shape index (κ3) is 6.56. The van der Waals surface area contributed by atoms with Crippen LogP contribution in [-0.4, -0.2) is 59.0 Å². The molecule has 238 valence electrons. The van der Waals surface area contributed by atoms with E-state index in [0.29, 0.717) is 50.1 Å². The Kier molecular flexibility index (Phi) is 8.85. The Balaban J connectivity index is 1.22. The molecule has 3 aromatic rings. The minimum atomic E-state index is -0.758. The molecule has 3 aliphatic rings. The molecule has 0 bridgehead atoms. The van der Waals surface area contributed by atoms with E-state index < -0.39 is 12.1 Å². The number of carbonyl (C=O) groups is 4. The monoisotopic (exact) mass is 611 g/mol. The number of Topliss-reactive ketones (excluding diaryl/α,β-unsaturated/α-hetero) is 2. The Labute approximate surface area is 265 Å². The van der Waals surface area contributed by atoms with Crippen molar-refractivity contribution in [2.24, 2.45) is 23.2 Å². The van der Waals surface area contributed by atoms with Gasteiger partial charge in [0.1, 0.15) is 23.3 Å². The maximum Gasteiger partial charge on any atom is 0.271 e. The van der Waals surface area contributed by atoms with Crippen LogP contribution >= 0.6 is 0 Å². The van der Waals surface area contributed by atoms with Crippen LogP contribution in [-0.2, 0) is 20.8 Å². The van der Waals surface area contributed by atoms with E-state index in [0.717, 1.165) is 36.6 Å². The largest absolute Gasteiger partial charge is 0.496 e. The quantitative estimate of drug-likeness (QED) is 0.281. The first kappa shape index (κ1) is 31.1. The van der Waals surface area contributed by atoms with Crippen molar-refractivity contribution in [3.8, 4) is 5.75 Å². The van der Waals surface area contributed by atoms with Crippen molar-refractivity contribution in [2.45, 2.75) is 83.7 Å². The normalized spacial score (nSPS) is 24.5. The van der Waals surface area contributed by atoms with E-state index in [9.17, 15) is 19.2 Å². The molecule has 8 heteroatoms. The molecule has 2 N–H and O–H groups in total. The molecular weight excluding hydrogens is 566 g/mol. The zero-order valence-electron chi connectivity index (χ0n) is 26.6. The number of aromatic amines is 1. The Bertz CT molecular complexity index is 1580. The van der Waals surface area contributed by atoms with E-state index in [1.54, 1.807) is 18.1 Å². The van der Waals surface area contributed by atoms with Gasteiger partial charge in [0, 0.05) is 36.2 Å². The summed E-state index contributed by atoms with van der Waals surface area (Å²) in [6.45, 7) is 4.68. The smallest absolute Gasteiger partial charge is 0.271 e. The van der Waals surface area contributed by atoms with Crippen LogP contribution in [0.5, 0.6) is 5.75 Å². The summed E-state index contributed by atoms with van der Waals surface area (Å²) >= 11 is 0. The van der Waals surface area contributed by atoms with Gasteiger partial charge in [-0.05, 0) is 79.5 Å². The highest BCUT2D eigenvalue weighted by Crippen LogP contribution is 2.44. The SMILES string of the molecule is COc1cccc2[nH]c(C(=O)N3C[C@@H]4CCC[C@@H]4[C@H]3C(=O)N[C@@H](C[C@@H]3CC(C)(C)CC3=O)C(=O)CCCc3ccccc3)cc12. The fourth-order valence-corrected chi connectivity index (χ4v) is 8.21. The zero-order chi connectivity index (χ0) is 31.7. The van der Waals surface area contributed by atoms with E-state index in [4.69, 9.17) is 4.74 Å². The molecule has 1 saturated heterocycles. The van der Waals surface area contributed by atoms with Gasteiger partial charge in [-0.3, -0.25) is 19.2 Å². The molecule has 5 atom stereocenters. The van der Waals surface area contributed by atoms with Crippen LogP contribution in [0.15, 0.2) is 54.6 Å². The van der Waals surface area contributed by atoms with Crippen molar-refractivity contribution < 1.29 is 23.9 Å². The summed E-state index contributed by atoms with van der Waals surface area (Å²) in [5.41, 5.74) is 2.27. The minimum absolute atomic E-state index is 0.0432. The number of ether oxygens (including phenoxy) is 1. The van der Waals surface area contributed by atoms with E-state index in [-0.39, 0.29) is 46.5 Å². The molecule has 8 nitrogen and oxygen atoms in total. The number of benzene rings is 2. The number of hydrogen-bond acceptors (Lipinski definition) is 5. The van der Waals surface area contributed by atoms with E-state index in [2.05, 4.69) is 36.3 Å². The van der Waals surface area contributed by atoms with Crippen molar-refractivity contribution in [3.05, 3.63) is 65.9 Å². The summed E-state index contributed by atoms with van der Waals surface area (Å²) in [7, 11) is 1.60. The summed E-state index contributed by atoms with van der Waals surface area (Å²) < 4.78 is 5.50. The summed E-state index contributed by atoms with van der Waals surface area (Å²) in [5, 5.41) is 3.93. The fraction of sp³-hybridized carbons (Fsp3) is 0.514. The molecule has 2 aromatic carbocycles. The summed E-state index contributed by atoms with van der Waals surface area (Å²) in [4.78, 5) is 59.9. The third-order valence-corrected chi connectivity index (χ3v) is 10.4. The van der Waals surface area contributed by atoms with Crippen LogP contribution < -0.4 is 10.1 Å². The summed E-state index contributed by atoms with van der Waals surface area (Å²) in [5.74, 6) is 0.338. The second-order valence-electron chi connectivity index (χ2n) is 14.2. The van der Waals surface area contributed by atoms with Crippen molar-refractivity contribution in [1.82, 2.24) is 15.2 Å². The predicted molar refractivity (Wildman–Crippen MR) is 173 cm³/mol. The van der Waals surface area contributed by atoms with Crippen LogP contribution in [0.1, 0.15) is 81.3 Å². The lowest BCUT2D eigenvalue weighted by Gasteiger charge is -2.29. The average molecular weight is 612 g/mol. The molecule has 2 saturated carbocycles. The number of aromatic nitrogens is 1. The number of ketones is 2. The van der Waals surface area contributed by atoms with Crippen LogP contribution in [0.2, 0.25) is 0 Å². The molecule has 2 heterocycles. The lowest BCUT2D eigenvalue weighted by Crippen LogP contribution is -2.53. The second-order valence-corrected chi connectivity index (χ2v) is 14.2. The van der Waals surface area contributed by atoms with Crippen LogP contribution in [0, 0.1) is 23.2 Å². The molecule has 2 amide bonds. The lowest BCUT2D eigenvalue weighted by atomic mass is 9.87. The Morgan fingerprint density at radius 3 is 2.62 bits per heavy atom. The third-order valence-electron chi connectivity index (χ3n) is 10.4. The van der Waals surface area contributed by atoms with Gasteiger partial charge in [0.25, 0.3) is 5.91 Å². The van der Waals surface area contributed by atoms with Crippen molar-refractivity contribution >= 4 is 34.3 Å². The summed E-state index contributed by atoms with van der Waals surface area (Å²) in [6, 6.07) is 16.1. The predicted octanol–water partition coefficient (Wildman–Crippen LogP) is 5.89. The maximum atomic E-state index is 14.2. The first-order valence-electron chi connectivity index (χ1n) is 16.5. The highest BCUT2D eigenvalue weighted by atomic mass is 16.5. The Morgan fingerprint density at radius 2 is 1.89 bits per heavy atom. The Hall–Kier alpha value is -3.94. The van der Waals surface area contributed by atoms with Crippen molar-refractivity contribution in [3.63, 3.8) is 0 Å². The Morgan fingerprint density at radius 1 is 1.09 bits per heavy atom. The van der Waals surface area contributed by atoms with Crippen LogP contribution in [0.25, 0.3) is 10.9 Å². The molecule has 2 aliphatic carbocycles. The number of fused-ring (bicyclic) bond motifs is 2. The molecule has 0 unspecified atom stereocenters. The standard InChI is InChI=1S/C37H45N3O5/c1-37(2)20-25(32(42)21-37)18-29(31(41)16-7-12-23-10-5-4-6-11-23)39-35(43)34-26-14-8-13-24(26)22-40(34)36(44)30-19-27-28(38-30)15-9-17-33(27)45-3/h4-6,9-11,15,17,19,24-26,29,34,38H,7-8,12-14,16,18,20-22H2,1-3H3,(H,39,43)/t24-,25+,26-,29-,34-/m0/s1. The first-order valence-corrected chi connectivity index (χ1v) is 16.5. The number of likely N-dealkylation sites (tertiary alicyclic amines) is 1. The number of carbonyl (C=O) groups excluding carboxylic acids is 4. The fourth-order valence-electron chi connectivity index (χ4n) is 8.21. The van der Waals surface area contributed by atoms with Gasteiger partial charge in [-0.2, -0.15) is 0 Å². The molecule has 3 fully saturated rings. The number of hydrogen-bond donors (Lipinski definition) is 2. The molecule has 45 heavy (non-hydrogen) atoms. The number of nitrogens with zero attached hydrogens (tertiary/aromatic N) is 1. The maximum absolute atomic E-state index is 14.2. The number of H-pyrrole nitrogens is 1. The van der Waals surface area contributed by atoms with Gasteiger partial charge in [0.15, 0.2) is 5.78 Å². The second kappa shape index (κ2) is 12.8. The van der Waals surface area contributed by atoms with E-state index in [1.807, 2.05) is 36.4 Å². The molecule has 6 rings (SSSR count). The summed E-state index contributed by atoms with van der Waals surface area (Å²) in [6.07, 6.45) is 6.15. The van der Waals surface area contributed by atoms with E-state index in [1.165, 1.54) is 5.56 Å². The van der Waals surface area contributed by atoms with Gasteiger partial charge in [-0.25, -0.2) is 0 Å². The van der Waals surface area contributed by atoms with Crippen molar-refractivity contribution in [2.75, 3.05) is 13.7 Å². The highest BCUT2D eigenvalue weighted by molar-refractivity contribution is 6.02. The molecule has 1 aromatic heterocycles. The van der Waals surface area contributed by atoms with Gasteiger partial charge < -0.3 is 19.9 Å².